The molecule has 0 saturated heterocycles. The molecule has 1 aromatic heterocycles. The van der Waals surface area contributed by atoms with Crippen LogP contribution in [-0.2, 0) is 21.4 Å². The SMILES string of the molecule is COC(=O)c1cc(NC(=O)CCCc2nc(C(C)(C)C)no2)cc(C)c1C. The minimum atomic E-state index is -0.419. The van der Waals surface area contributed by atoms with E-state index >= 15 is 0 Å². The van der Waals surface area contributed by atoms with Gasteiger partial charge in [0.15, 0.2) is 5.82 Å². The number of esters is 1. The summed E-state index contributed by atoms with van der Waals surface area (Å²) in [6.07, 6.45) is 1.44. The van der Waals surface area contributed by atoms with E-state index in [0.29, 0.717) is 42.2 Å². The molecule has 146 valence electrons. The second-order valence-corrected chi connectivity index (χ2v) is 7.62. The third kappa shape index (κ3) is 5.39. The number of aromatic nitrogens is 2. The molecule has 0 radical (unpaired) electrons. The number of nitrogens with zero attached hydrogens (tertiary/aromatic N) is 2. The molecule has 0 atom stereocenters. The molecule has 0 bridgehead atoms. The van der Waals surface area contributed by atoms with Crippen LogP contribution in [0.3, 0.4) is 0 Å². The van der Waals surface area contributed by atoms with E-state index < -0.39 is 5.97 Å². The summed E-state index contributed by atoms with van der Waals surface area (Å²) in [7, 11) is 1.34. The number of benzene rings is 1. The third-order valence-corrected chi connectivity index (χ3v) is 4.29. The summed E-state index contributed by atoms with van der Waals surface area (Å²) in [6, 6.07) is 3.48. The quantitative estimate of drug-likeness (QED) is 0.775. The average molecular weight is 373 g/mol. The van der Waals surface area contributed by atoms with Crippen molar-refractivity contribution in [3.63, 3.8) is 0 Å². The number of methoxy groups -OCH3 is 1. The average Bonchev–Trinajstić information content (AvgIpc) is 3.06. The van der Waals surface area contributed by atoms with E-state index in [9.17, 15) is 9.59 Å². The van der Waals surface area contributed by atoms with Crippen molar-refractivity contribution in [2.24, 2.45) is 0 Å². The van der Waals surface area contributed by atoms with Crippen LogP contribution in [0.2, 0.25) is 0 Å². The van der Waals surface area contributed by atoms with E-state index in [4.69, 9.17) is 9.26 Å². The Balaban J connectivity index is 1.93. The smallest absolute Gasteiger partial charge is 0.338 e. The fourth-order valence-electron chi connectivity index (χ4n) is 2.54. The molecule has 0 saturated carbocycles. The second-order valence-electron chi connectivity index (χ2n) is 7.62. The highest BCUT2D eigenvalue weighted by Gasteiger charge is 2.21. The van der Waals surface area contributed by atoms with Crippen molar-refractivity contribution in [1.29, 1.82) is 0 Å². The zero-order valence-corrected chi connectivity index (χ0v) is 16.8. The number of carbonyl (C=O) groups is 2. The van der Waals surface area contributed by atoms with Crippen LogP contribution < -0.4 is 5.32 Å². The Morgan fingerprint density at radius 2 is 1.93 bits per heavy atom. The minimum Gasteiger partial charge on any atom is -0.465 e. The molecule has 2 rings (SSSR count). The van der Waals surface area contributed by atoms with Crippen LogP contribution >= 0.6 is 0 Å². The first-order valence-corrected chi connectivity index (χ1v) is 8.94. The van der Waals surface area contributed by atoms with Gasteiger partial charge in [0.25, 0.3) is 0 Å². The van der Waals surface area contributed by atoms with Gasteiger partial charge in [-0.25, -0.2) is 4.79 Å². The molecule has 1 heterocycles. The molecule has 0 spiro atoms. The van der Waals surface area contributed by atoms with Crippen molar-refractivity contribution >= 4 is 17.6 Å². The Morgan fingerprint density at radius 1 is 1.22 bits per heavy atom. The lowest BCUT2D eigenvalue weighted by molar-refractivity contribution is -0.116. The topological polar surface area (TPSA) is 94.3 Å². The van der Waals surface area contributed by atoms with E-state index in [-0.39, 0.29) is 11.3 Å². The van der Waals surface area contributed by atoms with Gasteiger partial charge in [0.2, 0.25) is 11.8 Å². The Kier molecular flexibility index (Phi) is 6.36. The minimum absolute atomic E-state index is 0.135. The van der Waals surface area contributed by atoms with E-state index in [0.717, 1.165) is 11.1 Å². The lowest BCUT2D eigenvalue weighted by Crippen LogP contribution is -2.14. The van der Waals surface area contributed by atoms with Crippen molar-refractivity contribution in [1.82, 2.24) is 10.1 Å². The number of aryl methyl sites for hydroxylation is 2. The van der Waals surface area contributed by atoms with Gasteiger partial charge < -0.3 is 14.6 Å². The Labute approximate surface area is 159 Å². The number of hydrogen-bond donors (Lipinski definition) is 1. The standard InChI is InChI=1S/C20H27N3O4/c1-12-10-14(11-15(13(12)2)18(25)26-6)21-16(24)8-7-9-17-22-19(23-27-17)20(3,4)5/h10-11H,7-9H2,1-6H3,(H,21,24). The summed E-state index contributed by atoms with van der Waals surface area (Å²) in [5.74, 6) is 0.640. The van der Waals surface area contributed by atoms with E-state index in [1.165, 1.54) is 7.11 Å². The van der Waals surface area contributed by atoms with Gasteiger partial charge in [-0.15, -0.1) is 0 Å². The Hall–Kier alpha value is -2.70. The summed E-state index contributed by atoms with van der Waals surface area (Å²) >= 11 is 0. The van der Waals surface area contributed by atoms with Crippen LogP contribution in [0.5, 0.6) is 0 Å². The van der Waals surface area contributed by atoms with Crippen LogP contribution in [0, 0.1) is 13.8 Å². The highest BCUT2D eigenvalue weighted by molar-refractivity contribution is 5.96. The van der Waals surface area contributed by atoms with Crippen molar-refractivity contribution in [3.8, 4) is 0 Å². The molecule has 1 amide bonds. The van der Waals surface area contributed by atoms with Gasteiger partial charge in [-0.05, 0) is 43.5 Å². The van der Waals surface area contributed by atoms with Crippen molar-refractivity contribution < 1.29 is 18.8 Å². The highest BCUT2D eigenvalue weighted by atomic mass is 16.5. The van der Waals surface area contributed by atoms with Crippen molar-refractivity contribution in [2.75, 3.05) is 12.4 Å². The summed E-state index contributed by atoms with van der Waals surface area (Å²) in [5.41, 5.74) is 2.61. The molecule has 0 aliphatic carbocycles. The van der Waals surface area contributed by atoms with Gasteiger partial charge in [-0.2, -0.15) is 4.98 Å². The van der Waals surface area contributed by atoms with Gasteiger partial charge in [0, 0.05) is 23.9 Å². The number of amides is 1. The zero-order valence-electron chi connectivity index (χ0n) is 16.8. The zero-order chi connectivity index (χ0) is 20.2. The van der Waals surface area contributed by atoms with Crippen LogP contribution in [0.4, 0.5) is 5.69 Å². The van der Waals surface area contributed by atoms with Gasteiger partial charge in [0.05, 0.1) is 12.7 Å². The van der Waals surface area contributed by atoms with Crippen molar-refractivity contribution in [3.05, 3.63) is 40.5 Å². The van der Waals surface area contributed by atoms with E-state index in [1.54, 1.807) is 6.07 Å². The highest BCUT2D eigenvalue weighted by Crippen LogP contribution is 2.21. The molecule has 0 unspecified atom stereocenters. The molecule has 1 aromatic carbocycles. The Morgan fingerprint density at radius 3 is 2.52 bits per heavy atom. The fourth-order valence-corrected chi connectivity index (χ4v) is 2.54. The van der Waals surface area contributed by atoms with E-state index in [1.807, 2.05) is 40.7 Å². The maximum Gasteiger partial charge on any atom is 0.338 e. The fraction of sp³-hybridized carbons (Fsp3) is 0.500. The number of carbonyl (C=O) groups excluding carboxylic acids is 2. The normalized spacial score (nSPS) is 11.3. The number of rotatable bonds is 6. The maximum absolute atomic E-state index is 12.2. The largest absolute Gasteiger partial charge is 0.465 e. The molecule has 0 aliphatic heterocycles. The lowest BCUT2D eigenvalue weighted by Gasteiger charge is -2.12. The molecule has 2 aromatic rings. The molecule has 27 heavy (non-hydrogen) atoms. The molecular formula is C20H27N3O4. The molecule has 7 nitrogen and oxygen atoms in total. The van der Waals surface area contributed by atoms with Gasteiger partial charge in [-0.3, -0.25) is 4.79 Å². The lowest BCUT2D eigenvalue weighted by atomic mass is 9.96. The van der Waals surface area contributed by atoms with Crippen LogP contribution in [0.15, 0.2) is 16.7 Å². The summed E-state index contributed by atoms with van der Waals surface area (Å²) in [5, 5.41) is 6.81. The first-order valence-electron chi connectivity index (χ1n) is 8.94. The van der Waals surface area contributed by atoms with Gasteiger partial charge >= 0.3 is 5.97 Å². The predicted octanol–water partition coefficient (Wildman–Crippen LogP) is 3.73. The Bertz CT molecular complexity index is 834. The van der Waals surface area contributed by atoms with Crippen LogP contribution in [0.25, 0.3) is 0 Å². The summed E-state index contributed by atoms with van der Waals surface area (Å²) < 4.78 is 10.0. The summed E-state index contributed by atoms with van der Waals surface area (Å²) in [4.78, 5) is 28.5. The van der Waals surface area contributed by atoms with Crippen molar-refractivity contribution in [2.45, 2.75) is 59.3 Å². The van der Waals surface area contributed by atoms with Crippen LogP contribution in [0.1, 0.15) is 66.8 Å². The molecule has 0 aliphatic rings. The molecule has 7 heteroatoms. The third-order valence-electron chi connectivity index (χ3n) is 4.29. The first kappa shape index (κ1) is 20.6. The van der Waals surface area contributed by atoms with Crippen LogP contribution in [-0.4, -0.2) is 29.1 Å². The monoisotopic (exact) mass is 373 g/mol. The second kappa shape index (κ2) is 8.33. The van der Waals surface area contributed by atoms with E-state index in [2.05, 4.69) is 15.5 Å². The first-order chi connectivity index (χ1) is 12.6. The molecule has 0 fully saturated rings. The number of nitrogens with one attached hydrogen (secondary N) is 1. The number of hydrogen-bond acceptors (Lipinski definition) is 6. The number of anilines is 1. The molecular weight excluding hydrogens is 346 g/mol. The number of ether oxygens (including phenoxy) is 1. The maximum atomic E-state index is 12.2. The molecule has 1 N–H and O–H groups in total. The summed E-state index contributed by atoms with van der Waals surface area (Å²) in [6.45, 7) is 9.78. The predicted molar refractivity (Wildman–Crippen MR) is 102 cm³/mol. The van der Waals surface area contributed by atoms with Gasteiger partial charge in [0.1, 0.15) is 0 Å². The van der Waals surface area contributed by atoms with Gasteiger partial charge in [-0.1, -0.05) is 25.9 Å².